The number of rotatable bonds is 7. The molecule has 1 aromatic heterocycles. The van der Waals surface area contributed by atoms with Gasteiger partial charge in [0.25, 0.3) is 11.5 Å². The van der Waals surface area contributed by atoms with Crippen LogP contribution in [0.4, 0.5) is 0 Å². The highest BCUT2D eigenvalue weighted by molar-refractivity contribution is 6.06. The molecule has 0 aliphatic rings. The number of amides is 1. The molecular formula is C18H24N2O3. The third-order valence-corrected chi connectivity index (χ3v) is 3.78. The molecule has 1 amide bonds. The Bertz CT molecular complexity index is 735. The summed E-state index contributed by atoms with van der Waals surface area (Å²) in [6.45, 7) is 5.74. The number of methoxy groups -OCH3 is 1. The van der Waals surface area contributed by atoms with E-state index in [0.29, 0.717) is 42.0 Å². The maximum absolute atomic E-state index is 12.6. The monoisotopic (exact) mass is 316 g/mol. The van der Waals surface area contributed by atoms with E-state index in [-0.39, 0.29) is 11.5 Å². The van der Waals surface area contributed by atoms with E-state index >= 15 is 0 Å². The van der Waals surface area contributed by atoms with Crippen LogP contribution in [0.3, 0.4) is 0 Å². The minimum atomic E-state index is -0.184. The second-order valence-corrected chi connectivity index (χ2v) is 6.02. The van der Waals surface area contributed by atoms with Crippen LogP contribution in [0.15, 0.2) is 35.3 Å². The lowest BCUT2D eigenvalue weighted by atomic mass is 10.1. The van der Waals surface area contributed by atoms with E-state index in [0.717, 1.165) is 6.42 Å². The highest BCUT2D eigenvalue weighted by atomic mass is 16.5. The van der Waals surface area contributed by atoms with Gasteiger partial charge in [0.05, 0.1) is 12.2 Å². The minimum absolute atomic E-state index is 0.0466. The average Bonchev–Trinajstić information content (AvgIpc) is 2.54. The molecule has 1 aromatic carbocycles. The highest BCUT2D eigenvalue weighted by Crippen LogP contribution is 2.16. The normalized spacial score (nSPS) is 11.1. The summed E-state index contributed by atoms with van der Waals surface area (Å²) in [6.07, 6.45) is 2.57. The van der Waals surface area contributed by atoms with E-state index in [9.17, 15) is 9.59 Å². The lowest BCUT2D eigenvalue weighted by Crippen LogP contribution is -2.30. The number of ether oxygens (including phenoxy) is 1. The number of hydrogen-bond acceptors (Lipinski definition) is 3. The van der Waals surface area contributed by atoms with Crippen molar-refractivity contribution in [1.29, 1.82) is 0 Å². The summed E-state index contributed by atoms with van der Waals surface area (Å²) in [5.74, 6) is 0.309. The number of aryl methyl sites for hydroxylation is 1. The predicted octanol–water partition coefficient (Wildman–Crippen LogP) is 2.42. The fourth-order valence-corrected chi connectivity index (χ4v) is 2.45. The Balaban J connectivity index is 2.43. The standard InChI is InChI=1S/C18H24N2O3/c1-13(2)8-10-20-12-16(17(21)19-9-11-23-3)14-6-4-5-7-15(14)18(20)22/h4-7,12-13H,8-11H2,1-3H3,(H,19,21). The van der Waals surface area contributed by atoms with Gasteiger partial charge >= 0.3 is 0 Å². The molecular weight excluding hydrogens is 292 g/mol. The van der Waals surface area contributed by atoms with Crippen LogP contribution < -0.4 is 10.9 Å². The Morgan fingerprint density at radius 2 is 1.96 bits per heavy atom. The van der Waals surface area contributed by atoms with Crippen molar-refractivity contribution in [3.8, 4) is 0 Å². The molecule has 0 spiro atoms. The average molecular weight is 316 g/mol. The minimum Gasteiger partial charge on any atom is -0.383 e. The van der Waals surface area contributed by atoms with Crippen LogP contribution in [-0.2, 0) is 11.3 Å². The van der Waals surface area contributed by atoms with Gasteiger partial charge in [-0.05, 0) is 18.4 Å². The molecule has 0 saturated heterocycles. The number of pyridine rings is 1. The SMILES string of the molecule is COCCNC(=O)c1cn(CCC(C)C)c(=O)c2ccccc12. The Hall–Kier alpha value is -2.14. The van der Waals surface area contributed by atoms with Crippen molar-refractivity contribution in [3.05, 3.63) is 46.4 Å². The quantitative estimate of drug-likeness (QED) is 0.798. The molecule has 0 aliphatic carbocycles. The van der Waals surface area contributed by atoms with Gasteiger partial charge in [0.1, 0.15) is 0 Å². The Labute approximate surface area is 136 Å². The number of carbonyl (C=O) groups is 1. The van der Waals surface area contributed by atoms with Crippen molar-refractivity contribution >= 4 is 16.7 Å². The van der Waals surface area contributed by atoms with Crippen LogP contribution in [0.25, 0.3) is 10.8 Å². The fourth-order valence-electron chi connectivity index (χ4n) is 2.45. The molecule has 2 rings (SSSR count). The summed E-state index contributed by atoms with van der Waals surface area (Å²) in [5.41, 5.74) is 0.481. The molecule has 0 aliphatic heterocycles. The topological polar surface area (TPSA) is 60.3 Å². The number of nitrogens with zero attached hydrogens (tertiary/aromatic N) is 1. The Morgan fingerprint density at radius 1 is 1.26 bits per heavy atom. The molecule has 124 valence electrons. The van der Waals surface area contributed by atoms with Crippen LogP contribution in [0, 0.1) is 5.92 Å². The van der Waals surface area contributed by atoms with Crippen LogP contribution in [0.2, 0.25) is 0 Å². The molecule has 0 atom stereocenters. The molecule has 1 N–H and O–H groups in total. The van der Waals surface area contributed by atoms with Gasteiger partial charge in [0.15, 0.2) is 0 Å². The van der Waals surface area contributed by atoms with Crippen LogP contribution in [0.5, 0.6) is 0 Å². The van der Waals surface area contributed by atoms with Gasteiger partial charge in [0, 0.05) is 37.2 Å². The van der Waals surface area contributed by atoms with Crippen molar-refractivity contribution in [2.45, 2.75) is 26.8 Å². The van der Waals surface area contributed by atoms with Gasteiger partial charge < -0.3 is 14.6 Å². The molecule has 0 bridgehead atoms. The summed E-state index contributed by atoms with van der Waals surface area (Å²) in [5, 5.41) is 4.09. The smallest absolute Gasteiger partial charge is 0.258 e. The van der Waals surface area contributed by atoms with Crippen molar-refractivity contribution in [1.82, 2.24) is 9.88 Å². The first-order valence-corrected chi connectivity index (χ1v) is 7.94. The van der Waals surface area contributed by atoms with Crippen molar-refractivity contribution in [2.24, 2.45) is 5.92 Å². The van der Waals surface area contributed by atoms with Crippen LogP contribution >= 0.6 is 0 Å². The highest BCUT2D eigenvalue weighted by Gasteiger charge is 2.14. The molecule has 5 nitrogen and oxygen atoms in total. The van der Waals surface area contributed by atoms with Gasteiger partial charge in [-0.15, -0.1) is 0 Å². The van der Waals surface area contributed by atoms with Gasteiger partial charge in [-0.3, -0.25) is 9.59 Å². The Morgan fingerprint density at radius 3 is 2.61 bits per heavy atom. The molecule has 0 fully saturated rings. The second-order valence-electron chi connectivity index (χ2n) is 6.02. The summed E-state index contributed by atoms with van der Waals surface area (Å²) in [6, 6.07) is 7.25. The number of fused-ring (bicyclic) bond motifs is 1. The molecule has 2 aromatic rings. The molecule has 0 unspecified atom stereocenters. The predicted molar refractivity (Wildman–Crippen MR) is 91.9 cm³/mol. The van der Waals surface area contributed by atoms with Crippen LogP contribution in [-0.4, -0.2) is 30.7 Å². The lowest BCUT2D eigenvalue weighted by molar-refractivity contribution is 0.0938. The van der Waals surface area contributed by atoms with Crippen molar-refractivity contribution < 1.29 is 9.53 Å². The first kappa shape index (κ1) is 17.2. The maximum Gasteiger partial charge on any atom is 0.258 e. The fraction of sp³-hybridized carbons (Fsp3) is 0.444. The summed E-state index contributed by atoms with van der Waals surface area (Å²) < 4.78 is 6.60. The molecule has 0 saturated carbocycles. The summed E-state index contributed by atoms with van der Waals surface area (Å²) in [7, 11) is 1.59. The molecule has 23 heavy (non-hydrogen) atoms. The van der Waals surface area contributed by atoms with Gasteiger partial charge in [-0.2, -0.15) is 0 Å². The Kier molecular flexibility index (Phi) is 5.93. The maximum atomic E-state index is 12.6. The van der Waals surface area contributed by atoms with Crippen LogP contribution in [0.1, 0.15) is 30.6 Å². The number of carbonyl (C=O) groups excluding carboxylic acids is 1. The van der Waals surface area contributed by atoms with Crippen molar-refractivity contribution in [2.75, 3.05) is 20.3 Å². The molecule has 0 radical (unpaired) electrons. The summed E-state index contributed by atoms with van der Waals surface area (Å²) in [4.78, 5) is 25.0. The molecule has 1 heterocycles. The van der Waals surface area contributed by atoms with Crippen molar-refractivity contribution in [3.63, 3.8) is 0 Å². The molecule has 5 heteroatoms. The van der Waals surface area contributed by atoms with E-state index in [4.69, 9.17) is 4.74 Å². The number of nitrogens with one attached hydrogen (secondary N) is 1. The zero-order chi connectivity index (χ0) is 16.8. The van der Waals surface area contributed by atoms with E-state index in [1.54, 1.807) is 23.9 Å². The second kappa shape index (κ2) is 7.92. The third kappa shape index (κ3) is 4.20. The zero-order valence-electron chi connectivity index (χ0n) is 14.0. The first-order valence-electron chi connectivity index (χ1n) is 7.94. The van der Waals surface area contributed by atoms with Gasteiger partial charge in [-0.1, -0.05) is 32.0 Å². The zero-order valence-corrected chi connectivity index (χ0v) is 14.0. The lowest BCUT2D eigenvalue weighted by Gasteiger charge is -2.13. The number of aromatic nitrogens is 1. The number of hydrogen-bond donors (Lipinski definition) is 1. The van der Waals surface area contributed by atoms with Gasteiger partial charge in [-0.25, -0.2) is 0 Å². The largest absolute Gasteiger partial charge is 0.383 e. The third-order valence-electron chi connectivity index (χ3n) is 3.78. The van der Waals surface area contributed by atoms with E-state index < -0.39 is 0 Å². The van der Waals surface area contributed by atoms with E-state index in [2.05, 4.69) is 19.2 Å². The van der Waals surface area contributed by atoms with E-state index in [1.165, 1.54) is 0 Å². The van der Waals surface area contributed by atoms with Gasteiger partial charge in [0.2, 0.25) is 0 Å². The summed E-state index contributed by atoms with van der Waals surface area (Å²) >= 11 is 0. The first-order chi connectivity index (χ1) is 11.0. The van der Waals surface area contributed by atoms with E-state index in [1.807, 2.05) is 18.2 Å². The number of benzene rings is 1.